The number of hydrogen-bond acceptors (Lipinski definition) is 4. The lowest BCUT2D eigenvalue weighted by atomic mass is 9.89. The van der Waals surface area contributed by atoms with Crippen molar-refractivity contribution in [1.82, 2.24) is 4.90 Å². The number of rotatable bonds is 6. The summed E-state index contributed by atoms with van der Waals surface area (Å²) in [7, 11) is 1.45. The second-order valence-electron chi connectivity index (χ2n) is 5.67. The van der Waals surface area contributed by atoms with Crippen molar-refractivity contribution in [1.29, 1.82) is 5.26 Å². The molecule has 4 heteroatoms. The third kappa shape index (κ3) is 4.30. The average Bonchev–Trinajstić information content (AvgIpc) is 2.82. The molecule has 18 heavy (non-hydrogen) atoms. The summed E-state index contributed by atoms with van der Waals surface area (Å²) in [6.07, 6.45) is 4.98. The van der Waals surface area contributed by atoms with Gasteiger partial charge < -0.3 is 4.74 Å². The van der Waals surface area contributed by atoms with E-state index in [1.54, 1.807) is 0 Å². The highest BCUT2D eigenvalue weighted by atomic mass is 16.5. The lowest BCUT2D eigenvalue weighted by Gasteiger charge is -2.22. The quantitative estimate of drug-likeness (QED) is 0.538. The molecule has 1 rings (SSSR count). The summed E-state index contributed by atoms with van der Waals surface area (Å²) in [6, 6.07) is 2.28. The van der Waals surface area contributed by atoms with Gasteiger partial charge in [-0.2, -0.15) is 5.26 Å². The van der Waals surface area contributed by atoms with Crippen molar-refractivity contribution in [2.75, 3.05) is 20.2 Å². The van der Waals surface area contributed by atoms with Crippen molar-refractivity contribution < 1.29 is 9.53 Å². The molecule has 1 aliphatic heterocycles. The number of unbranched alkanes of at least 4 members (excludes halogenated alkanes) is 1. The maximum Gasteiger partial charge on any atom is 0.323 e. The number of ether oxygens (including phenoxy) is 1. The van der Waals surface area contributed by atoms with Crippen LogP contribution in [0.1, 0.15) is 46.0 Å². The number of carbonyl (C=O) groups is 1. The number of likely N-dealkylation sites (tertiary alicyclic amines) is 1. The molecule has 0 aliphatic carbocycles. The monoisotopic (exact) mass is 252 g/mol. The molecule has 0 aromatic heterocycles. The zero-order valence-corrected chi connectivity index (χ0v) is 11.7. The van der Waals surface area contributed by atoms with Gasteiger partial charge in [0.2, 0.25) is 0 Å². The standard InChI is InChI=1S/C14H24N2O2/c1-14(2,11-15)8-4-5-9-16-10-6-7-12(16)13(17)18-3/h12H,4-10H2,1-3H3. The van der Waals surface area contributed by atoms with E-state index in [0.29, 0.717) is 0 Å². The Balaban J connectivity index is 2.27. The Morgan fingerprint density at radius 1 is 1.50 bits per heavy atom. The van der Waals surface area contributed by atoms with E-state index >= 15 is 0 Å². The summed E-state index contributed by atoms with van der Waals surface area (Å²) in [5.74, 6) is -0.107. The smallest absolute Gasteiger partial charge is 0.323 e. The molecule has 0 spiro atoms. The van der Waals surface area contributed by atoms with Crippen LogP contribution in [0.2, 0.25) is 0 Å². The van der Waals surface area contributed by atoms with Crippen LogP contribution in [0.5, 0.6) is 0 Å². The molecule has 1 fully saturated rings. The molecule has 1 heterocycles. The summed E-state index contributed by atoms with van der Waals surface area (Å²) in [5, 5.41) is 8.93. The third-order valence-corrected chi connectivity index (χ3v) is 3.64. The first-order chi connectivity index (χ1) is 8.50. The Morgan fingerprint density at radius 2 is 2.22 bits per heavy atom. The second-order valence-corrected chi connectivity index (χ2v) is 5.67. The third-order valence-electron chi connectivity index (χ3n) is 3.64. The fourth-order valence-corrected chi connectivity index (χ4v) is 2.43. The maximum atomic E-state index is 11.6. The number of methoxy groups -OCH3 is 1. The topological polar surface area (TPSA) is 53.3 Å². The molecule has 1 aliphatic rings. The zero-order valence-electron chi connectivity index (χ0n) is 11.7. The first-order valence-corrected chi connectivity index (χ1v) is 6.73. The van der Waals surface area contributed by atoms with E-state index in [9.17, 15) is 4.79 Å². The summed E-state index contributed by atoms with van der Waals surface area (Å²) < 4.78 is 4.82. The van der Waals surface area contributed by atoms with Crippen molar-refractivity contribution in [2.45, 2.75) is 52.0 Å². The number of hydrogen-bond donors (Lipinski definition) is 0. The fourth-order valence-electron chi connectivity index (χ4n) is 2.43. The molecule has 102 valence electrons. The minimum Gasteiger partial charge on any atom is -0.468 e. The summed E-state index contributed by atoms with van der Waals surface area (Å²) in [5.41, 5.74) is -0.229. The molecule has 1 unspecified atom stereocenters. The Morgan fingerprint density at radius 3 is 2.83 bits per heavy atom. The number of esters is 1. The molecular weight excluding hydrogens is 228 g/mol. The Bertz CT molecular complexity index is 320. The highest BCUT2D eigenvalue weighted by Gasteiger charge is 2.30. The van der Waals surface area contributed by atoms with E-state index in [4.69, 9.17) is 10.00 Å². The van der Waals surface area contributed by atoms with Gasteiger partial charge in [-0.1, -0.05) is 6.42 Å². The summed E-state index contributed by atoms with van der Waals surface area (Å²) in [4.78, 5) is 13.8. The van der Waals surface area contributed by atoms with Gasteiger partial charge in [0, 0.05) is 0 Å². The molecule has 4 nitrogen and oxygen atoms in total. The number of nitrogens with zero attached hydrogens (tertiary/aromatic N) is 2. The van der Waals surface area contributed by atoms with Gasteiger partial charge in [-0.3, -0.25) is 9.69 Å². The van der Waals surface area contributed by atoms with Crippen LogP contribution in [0, 0.1) is 16.7 Å². The van der Waals surface area contributed by atoms with Crippen LogP contribution in [0.4, 0.5) is 0 Å². The van der Waals surface area contributed by atoms with E-state index in [0.717, 1.165) is 45.2 Å². The van der Waals surface area contributed by atoms with Crippen LogP contribution in [-0.4, -0.2) is 37.1 Å². The van der Waals surface area contributed by atoms with E-state index in [1.165, 1.54) is 7.11 Å². The first-order valence-electron chi connectivity index (χ1n) is 6.73. The van der Waals surface area contributed by atoms with Crippen LogP contribution in [0.25, 0.3) is 0 Å². The van der Waals surface area contributed by atoms with Gasteiger partial charge in [0.1, 0.15) is 6.04 Å². The molecule has 1 saturated heterocycles. The lowest BCUT2D eigenvalue weighted by molar-refractivity contribution is -0.145. The SMILES string of the molecule is COC(=O)C1CCCN1CCCCC(C)(C)C#N. The van der Waals surface area contributed by atoms with Gasteiger partial charge in [0.15, 0.2) is 0 Å². The summed E-state index contributed by atoms with van der Waals surface area (Å²) in [6.45, 7) is 5.86. The highest BCUT2D eigenvalue weighted by Crippen LogP contribution is 2.23. The van der Waals surface area contributed by atoms with E-state index in [1.807, 2.05) is 13.8 Å². The van der Waals surface area contributed by atoms with Crippen LogP contribution in [-0.2, 0) is 9.53 Å². The molecule has 0 saturated carbocycles. The molecule has 0 radical (unpaired) electrons. The van der Waals surface area contributed by atoms with Crippen LogP contribution < -0.4 is 0 Å². The van der Waals surface area contributed by atoms with Gasteiger partial charge in [-0.25, -0.2) is 0 Å². The largest absolute Gasteiger partial charge is 0.468 e. The van der Waals surface area contributed by atoms with Gasteiger partial charge in [-0.15, -0.1) is 0 Å². The van der Waals surface area contributed by atoms with Gasteiger partial charge in [0.05, 0.1) is 18.6 Å². The van der Waals surface area contributed by atoms with Crippen LogP contribution >= 0.6 is 0 Å². The molecule has 0 N–H and O–H groups in total. The molecular formula is C14H24N2O2. The van der Waals surface area contributed by atoms with Crippen LogP contribution in [0.3, 0.4) is 0 Å². The van der Waals surface area contributed by atoms with Gasteiger partial charge in [-0.05, 0) is 52.6 Å². The molecule has 1 atom stereocenters. The molecule has 0 bridgehead atoms. The van der Waals surface area contributed by atoms with Crippen molar-refractivity contribution in [3.05, 3.63) is 0 Å². The van der Waals surface area contributed by atoms with Crippen LogP contribution in [0.15, 0.2) is 0 Å². The average molecular weight is 252 g/mol. The van der Waals surface area contributed by atoms with E-state index in [-0.39, 0.29) is 17.4 Å². The van der Waals surface area contributed by atoms with E-state index < -0.39 is 0 Å². The molecule has 0 aromatic rings. The van der Waals surface area contributed by atoms with Gasteiger partial charge in [0.25, 0.3) is 0 Å². The minimum atomic E-state index is -0.229. The van der Waals surface area contributed by atoms with Crippen molar-refractivity contribution in [3.8, 4) is 6.07 Å². The lowest BCUT2D eigenvalue weighted by Crippen LogP contribution is -2.37. The normalized spacial score (nSPS) is 20.7. The number of nitriles is 1. The summed E-state index contributed by atoms with van der Waals surface area (Å²) >= 11 is 0. The Labute approximate surface area is 110 Å². The first kappa shape index (κ1) is 15.0. The van der Waals surface area contributed by atoms with E-state index in [2.05, 4.69) is 11.0 Å². The van der Waals surface area contributed by atoms with Crippen molar-refractivity contribution in [2.24, 2.45) is 5.41 Å². The van der Waals surface area contributed by atoms with Crippen molar-refractivity contribution in [3.63, 3.8) is 0 Å². The predicted molar refractivity (Wildman–Crippen MR) is 69.9 cm³/mol. The predicted octanol–water partition coefficient (Wildman–Crippen LogP) is 2.34. The Hall–Kier alpha value is -1.08. The number of carbonyl (C=O) groups excluding carboxylic acids is 1. The molecule has 0 aromatic carbocycles. The fraction of sp³-hybridized carbons (Fsp3) is 0.857. The van der Waals surface area contributed by atoms with Gasteiger partial charge >= 0.3 is 5.97 Å². The molecule has 0 amide bonds. The Kier molecular flexibility index (Phi) is 5.61. The van der Waals surface area contributed by atoms with Crippen molar-refractivity contribution >= 4 is 5.97 Å². The zero-order chi connectivity index (χ0) is 13.6. The second kappa shape index (κ2) is 6.75. The maximum absolute atomic E-state index is 11.6. The highest BCUT2D eigenvalue weighted by molar-refractivity contribution is 5.75. The minimum absolute atomic E-state index is 0.0426.